The van der Waals surface area contributed by atoms with Crippen LogP contribution in [0.2, 0.25) is 0 Å². The van der Waals surface area contributed by atoms with Crippen molar-refractivity contribution in [3.05, 3.63) is 34.7 Å². The van der Waals surface area contributed by atoms with Gasteiger partial charge in [-0.05, 0) is 0 Å². The summed E-state index contributed by atoms with van der Waals surface area (Å²) >= 11 is 0. The molecule has 0 amide bonds. The average molecular weight is 147 g/mol. The van der Waals surface area contributed by atoms with E-state index in [0.717, 1.165) is 10.4 Å². The normalized spacial score (nSPS) is 14.0. The van der Waals surface area contributed by atoms with Crippen LogP contribution in [0.1, 0.15) is 0 Å². The summed E-state index contributed by atoms with van der Waals surface area (Å²) in [5.74, 6) is 0.670. The number of hydrazine groups is 1. The fourth-order valence-electron chi connectivity index (χ4n) is 1.13. The molecule has 0 saturated carbocycles. The van der Waals surface area contributed by atoms with Gasteiger partial charge in [-0.3, -0.25) is 5.43 Å². The second-order valence-corrected chi connectivity index (χ2v) is 2.41. The molecule has 1 aliphatic rings. The monoisotopic (exact) mass is 147 g/mol. The predicted molar refractivity (Wildman–Crippen MR) is 44.0 cm³/mol. The first-order chi connectivity index (χ1) is 5.38. The van der Waals surface area contributed by atoms with Gasteiger partial charge in [-0.25, -0.2) is 0 Å². The first-order valence-corrected chi connectivity index (χ1v) is 3.44. The molecular formula is C8H9N3. The zero-order valence-corrected chi connectivity index (χ0v) is 5.96. The zero-order chi connectivity index (χ0) is 7.68. The van der Waals surface area contributed by atoms with Crippen LogP contribution in [0.25, 0.3) is 12.0 Å². The first kappa shape index (κ1) is 6.09. The highest BCUT2D eigenvalue weighted by molar-refractivity contribution is 5.43. The van der Waals surface area contributed by atoms with Gasteiger partial charge in [-0.15, -0.1) is 0 Å². The number of hydrogen-bond donors (Lipinski definition) is 3. The van der Waals surface area contributed by atoms with Crippen LogP contribution < -0.4 is 27.0 Å². The van der Waals surface area contributed by atoms with E-state index < -0.39 is 0 Å². The molecule has 4 N–H and O–H groups in total. The van der Waals surface area contributed by atoms with Crippen molar-refractivity contribution in [3.8, 4) is 0 Å². The Kier molecular flexibility index (Phi) is 1.22. The molecule has 0 radical (unpaired) electrons. The van der Waals surface area contributed by atoms with Crippen molar-refractivity contribution in [1.82, 2.24) is 10.9 Å². The highest BCUT2D eigenvalue weighted by Crippen LogP contribution is 1.76. The fourth-order valence-corrected chi connectivity index (χ4v) is 1.13. The Morgan fingerprint density at radius 1 is 1.18 bits per heavy atom. The van der Waals surface area contributed by atoms with Gasteiger partial charge >= 0.3 is 0 Å². The molecule has 0 fully saturated rings. The first-order valence-electron chi connectivity index (χ1n) is 3.44. The summed E-state index contributed by atoms with van der Waals surface area (Å²) in [4.78, 5) is 0. The van der Waals surface area contributed by atoms with Crippen molar-refractivity contribution in [2.24, 2.45) is 5.73 Å². The third kappa shape index (κ3) is 0.902. The molecule has 56 valence electrons. The molecular weight excluding hydrogens is 138 g/mol. The SMILES string of the molecule is NC1=c2ccccc2=CNN1. The second-order valence-electron chi connectivity index (χ2n) is 2.41. The Labute approximate surface area is 64.2 Å². The Bertz CT molecular complexity index is 381. The lowest BCUT2D eigenvalue weighted by Crippen LogP contribution is -2.45. The van der Waals surface area contributed by atoms with E-state index >= 15 is 0 Å². The van der Waals surface area contributed by atoms with Crippen molar-refractivity contribution in [1.29, 1.82) is 0 Å². The minimum absolute atomic E-state index is 0.670. The van der Waals surface area contributed by atoms with Crippen LogP contribution >= 0.6 is 0 Å². The van der Waals surface area contributed by atoms with Crippen LogP contribution in [-0.2, 0) is 0 Å². The Morgan fingerprint density at radius 2 is 2.00 bits per heavy atom. The second kappa shape index (κ2) is 2.20. The number of benzene rings is 1. The van der Waals surface area contributed by atoms with Crippen molar-refractivity contribution in [2.75, 3.05) is 0 Å². The molecule has 1 aromatic carbocycles. The topological polar surface area (TPSA) is 50.1 Å². The number of rotatable bonds is 0. The van der Waals surface area contributed by atoms with Crippen LogP contribution in [-0.4, -0.2) is 0 Å². The van der Waals surface area contributed by atoms with Crippen LogP contribution in [0.5, 0.6) is 0 Å². The summed E-state index contributed by atoms with van der Waals surface area (Å²) in [6, 6.07) is 7.94. The van der Waals surface area contributed by atoms with Gasteiger partial charge in [0.2, 0.25) is 0 Å². The van der Waals surface area contributed by atoms with E-state index in [1.165, 1.54) is 0 Å². The number of nitrogens with one attached hydrogen (secondary N) is 2. The van der Waals surface area contributed by atoms with Crippen LogP contribution in [0.4, 0.5) is 0 Å². The lowest BCUT2D eigenvalue weighted by atomic mass is 10.2. The summed E-state index contributed by atoms with van der Waals surface area (Å²) in [6.45, 7) is 0. The Hall–Kier alpha value is -1.64. The number of fused-ring (bicyclic) bond motifs is 1. The predicted octanol–water partition coefficient (Wildman–Crippen LogP) is -1.44. The van der Waals surface area contributed by atoms with E-state index in [1.54, 1.807) is 0 Å². The zero-order valence-electron chi connectivity index (χ0n) is 5.96. The minimum atomic E-state index is 0.670. The molecule has 0 aliphatic carbocycles. The van der Waals surface area contributed by atoms with Gasteiger partial charge in [0.05, 0.1) is 0 Å². The smallest absolute Gasteiger partial charge is 0.123 e. The molecule has 0 saturated heterocycles. The van der Waals surface area contributed by atoms with Gasteiger partial charge in [0.25, 0.3) is 0 Å². The average Bonchev–Trinajstić information content (AvgIpc) is 2.06. The molecule has 0 spiro atoms. The summed E-state index contributed by atoms with van der Waals surface area (Å²) in [5.41, 5.74) is 11.4. The lowest BCUT2D eigenvalue weighted by Gasteiger charge is -2.10. The maximum absolute atomic E-state index is 5.67. The van der Waals surface area contributed by atoms with Gasteiger partial charge in [-0.1, -0.05) is 24.3 Å². The van der Waals surface area contributed by atoms with Gasteiger partial charge in [0, 0.05) is 16.6 Å². The summed E-state index contributed by atoms with van der Waals surface area (Å²) < 4.78 is 0. The molecule has 3 heteroatoms. The van der Waals surface area contributed by atoms with Gasteiger partial charge < -0.3 is 11.2 Å². The van der Waals surface area contributed by atoms with Crippen LogP contribution in [0, 0.1) is 0 Å². The highest BCUT2D eigenvalue weighted by Gasteiger charge is 1.95. The van der Waals surface area contributed by atoms with E-state index in [9.17, 15) is 0 Å². The van der Waals surface area contributed by atoms with Crippen molar-refractivity contribution < 1.29 is 0 Å². The summed E-state index contributed by atoms with van der Waals surface area (Å²) in [6.07, 6.45) is 1.88. The summed E-state index contributed by atoms with van der Waals surface area (Å²) in [7, 11) is 0. The number of hydrogen-bond acceptors (Lipinski definition) is 3. The van der Waals surface area contributed by atoms with E-state index in [-0.39, 0.29) is 0 Å². The van der Waals surface area contributed by atoms with E-state index in [4.69, 9.17) is 5.73 Å². The molecule has 1 aromatic rings. The molecule has 0 bridgehead atoms. The third-order valence-corrected chi connectivity index (χ3v) is 1.69. The van der Waals surface area contributed by atoms with Gasteiger partial charge in [0.15, 0.2) is 0 Å². The summed E-state index contributed by atoms with van der Waals surface area (Å²) in [5, 5.41) is 2.16. The van der Waals surface area contributed by atoms with E-state index in [1.807, 2.05) is 30.5 Å². The lowest BCUT2D eigenvalue weighted by molar-refractivity contribution is 0.803. The minimum Gasteiger partial charge on any atom is -0.384 e. The Morgan fingerprint density at radius 3 is 2.82 bits per heavy atom. The van der Waals surface area contributed by atoms with Crippen LogP contribution in [0.15, 0.2) is 24.3 Å². The van der Waals surface area contributed by atoms with Gasteiger partial charge in [0.1, 0.15) is 5.82 Å². The molecule has 1 aliphatic heterocycles. The van der Waals surface area contributed by atoms with Crippen molar-refractivity contribution >= 4 is 12.0 Å². The van der Waals surface area contributed by atoms with E-state index in [2.05, 4.69) is 10.9 Å². The van der Waals surface area contributed by atoms with Gasteiger partial charge in [-0.2, -0.15) is 0 Å². The molecule has 3 nitrogen and oxygen atoms in total. The molecule has 11 heavy (non-hydrogen) atoms. The third-order valence-electron chi connectivity index (χ3n) is 1.69. The maximum atomic E-state index is 5.67. The largest absolute Gasteiger partial charge is 0.384 e. The van der Waals surface area contributed by atoms with Crippen molar-refractivity contribution in [2.45, 2.75) is 0 Å². The number of nitrogens with two attached hydrogens (primary N) is 1. The molecule has 2 rings (SSSR count). The van der Waals surface area contributed by atoms with E-state index in [0.29, 0.717) is 5.82 Å². The standard InChI is InChI=1S/C8H9N3/c9-8-7-4-2-1-3-6(7)5-10-11-8/h1-5,10-11H,9H2. The molecule has 0 atom stereocenters. The quantitative estimate of drug-likeness (QED) is 0.421. The fraction of sp³-hybridized carbons (Fsp3) is 0. The van der Waals surface area contributed by atoms with Crippen LogP contribution in [0.3, 0.4) is 0 Å². The maximum Gasteiger partial charge on any atom is 0.123 e. The van der Waals surface area contributed by atoms with Crippen molar-refractivity contribution in [3.63, 3.8) is 0 Å². The molecule has 0 aromatic heterocycles. The molecule has 1 heterocycles. The Balaban J connectivity index is 2.89. The molecule has 0 unspecified atom stereocenters. The highest BCUT2D eigenvalue weighted by atomic mass is 15.4.